The molecule has 0 spiro atoms. The quantitative estimate of drug-likeness (QED) is 0.857. The minimum atomic E-state index is -0.420. The topological polar surface area (TPSA) is 49.3 Å². The van der Waals surface area contributed by atoms with Crippen LogP contribution in [0.3, 0.4) is 0 Å². The molecule has 0 saturated heterocycles. The zero-order chi connectivity index (χ0) is 11.5. The summed E-state index contributed by atoms with van der Waals surface area (Å²) >= 11 is 7.20. The SMILES string of the molecule is O=C(N[C@H]1CCCC[C@@H]1O)c1sccc1Cl. The minimum Gasteiger partial charge on any atom is -0.391 e. The molecule has 88 valence electrons. The molecule has 1 fully saturated rings. The van der Waals surface area contributed by atoms with E-state index in [-0.39, 0.29) is 11.9 Å². The molecule has 0 bridgehead atoms. The molecule has 0 aromatic carbocycles. The molecule has 1 aromatic heterocycles. The molecule has 2 atom stereocenters. The number of halogens is 1. The van der Waals surface area contributed by atoms with Crippen molar-refractivity contribution in [2.75, 3.05) is 0 Å². The van der Waals surface area contributed by atoms with Crippen molar-refractivity contribution in [3.8, 4) is 0 Å². The van der Waals surface area contributed by atoms with E-state index in [4.69, 9.17) is 11.6 Å². The highest BCUT2D eigenvalue weighted by atomic mass is 35.5. The van der Waals surface area contributed by atoms with E-state index in [1.807, 2.05) is 0 Å². The van der Waals surface area contributed by atoms with Gasteiger partial charge in [-0.2, -0.15) is 0 Å². The van der Waals surface area contributed by atoms with E-state index in [1.54, 1.807) is 11.4 Å². The third-order valence-corrected chi connectivity index (χ3v) is 4.21. The van der Waals surface area contributed by atoms with Crippen molar-refractivity contribution < 1.29 is 9.90 Å². The van der Waals surface area contributed by atoms with Crippen molar-refractivity contribution in [2.24, 2.45) is 0 Å². The molecule has 0 unspecified atom stereocenters. The van der Waals surface area contributed by atoms with Gasteiger partial charge in [-0.05, 0) is 24.3 Å². The third kappa shape index (κ3) is 2.56. The van der Waals surface area contributed by atoms with Crippen LogP contribution in [0.15, 0.2) is 11.4 Å². The lowest BCUT2D eigenvalue weighted by Gasteiger charge is -2.28. The lowest BCUT2D eigenvalue weighted by atomic mass is 9.92. The summed E-state index contributed by atoms with van der Waals surface area (Å²) in [6.45, 7) is 0. The summed E-state index contributed by atoms with van der Waals surface area (Å²) in [5.74, 6) is -0.175. The van der Waals surface area contributed by atoms with E-state index in [2.05, 4.69) is 5.32 Å². The number of thiophene rings is 1. The zero-order valence-electron chi connectivity index (χ0n) is 8.78. The number of rotatable bonds is 2. The normalized spacial score (nSPS) is 25.4. The third-order valence-electron chi connectivity index (χ3n) is 2.87. The largest absolute Gasteiger partial charge is 0.391 e. The first kappa shape index (κ1) is 11.9. The number of carbonyl (C=O) groups excluding carboxylic acids is 1. The molecule has 16 heavy (non-hydrogen) atoms. The van der Waals surface area contributed by atoms with Crippen molar-refractivity contribution in [3.63, 3.8) is 0 Å². The van der Waals surface area contributed by atoms with E-state index in [0.29, 0.717) is 9.90 Å². The van der Waals surface area contributed by atoms with Gasteiger partial charge in [0, 0.05) is 0 Å². The molecule has 1 aliphatic carbocycles. The van der Waals surface area contributed by atoms with Crippen LogP contribution in [0.4, 0.5) is 0 Å². The first-order valence-corrected chi connectivity index (χ1v) is 6.66. The molecule has 3 nitrogen and oxygen atoms in total. The van der Waals surface area contributed by atoms with Crippen LogP contribution in [0, 0.1) is 0 Å². The Bertz CT molecular complexity index is 380. The monoisotopic (exact) mass is 259 g/mol. The van der Waals surface area contributed by atoms with Crippen molar-refractivity contribution in [1.29, 1.82) is 0 Å². The number of hydrogen-bond acceptors (Lipinski definition) is 3. The summed E-state index contributed by atoms with van der Waals surface area (Å²) in [6, 6.07) is 1.58. The molecule has 0 radical (unpaired) electrons. The number of nitrogens with one attached hydrogen (secondary N) is 1. The summed E-state index contributed by atoms with van der Waals surface area (Å²) in [5.41, 5.74) is 0. The summed E-state index contributed by atoms with van der Waals surface area (Å²) in [7, 11) is 0. The van der Waals surface area contributed by atoms with E-state index < -0.39 is 6.10 Å². The Labute approximate surface area is 103 Å². The Morgan fingerprint density at radius 1 is 1.50 bits per heavy atom. The van der Waals surface area contributed by atoms with Gasteiger partial charge in [0.2, 0.25) is 0 Å². The summed E-state index contributed by atoms with van der Waals surface area (Å²) < 4.78 is 0. The Morgan fingerprint density at radius 3 is 2.88 bits per heavy atom. The van der Waals surface area contributed by atoms with Gasteiger partial charge >= 0.3 is 0 Å². The van der Waals surface area contributed by atoms with Crippen LogP contribution in [0.2, 0.25) is 5.02 Å². The van der Waals surface area contributed by atoms with E-state index in [9.17, 15) is 9.90 Å². The van der Waals surface area contributed by atoms with E-state index in [0.717, 1.165) is 25.7 Å². The van der Waals surface area contributed by atoms with Gasteiger partial charge in [-0.25, -0.2) is 0 Å². The fourth-order valence-electron chi connectivity index (χ4n) is 1.97. The van der Waals surface area contributed by atoms with Gasteiger partial charge in [0.05, 0.1) is 17.2 Å². The summed E-state index contributed by atoms with van der Waals surface area (Å²) in [6.07, 6.45) is 3.28. The zero-order valence-corrected chi connectivity index (χ0v) is 10.4. The lowest BCUT2D eigenvalue weighted by molar-refractivity contribution is 0.0720. The number of hydrogen-bond donors (Lipinski definition) is 2. The first-order chi connectivity index (χ1) is 7.68. The molecule has 1 aliphatic rings. The molecule has 2 rings (SSSR count). The second-order valence-electron chi connectivity index (χ2n) is 4.03. The van der Waals surface area contributed by atoms with E-state index in [1.165, 1.54) is 11.3 Å². The molecule has 5 heteroatoms. The first-order valence-electron chi connectivity index (χ1n) is 5.40. The number of aliphatic hydroxyl groups excluding tert-OH is 1. The average Bonchev–Trinajstić information content (AvgIpc) is 2.68. The Kier molecular flexibility index (Phi) is 3.84. The summed E-state index contributed by atoms with van der Waals surface area (Å²) in [4.78, 5) is 12.4. The van der Waals surface area contributed by atoms with Crippen LogP contribution in [-0.4, -0.2) is 23.2 Å². The van der Waals surface area contributed by atoms with Crippen LogP contribution in [0.25, 0.3) is 0 Å². The highest BCUT2D eigenvalue weighted by molar-refractivity contribution is 7.12. The Balaban J connectivity index is 1.99. The van der Waals surface area contributed by atoms with Crippen LogP contribution in [0.5, 0.6) is 0 Å². The minimum absolute atomic E-state index is 0.126. The Hall–Kier alpha value is -0.580. The molecule has 1 aromatic rings. The van der Waals surface area contributed by atoms with Crippen molar-refractivity contribution >= 4 is 28.8 Å². The predicted molar refractivity (Wildman–Crippen MR) is 65.1 cm³/mol. The van der Waals surface area contributed by atoms with Gasteiger partial charge < -0.3 is 10.4 Å². The van der Waals surface area contributed by atoms with Crippen LogP contribution < -0.4 is 5.32 Å². The van der Waals surface area contributed by atoms with Crippen LogP contribution in [0.1, 0.15) is 35.4 Å². The lowest BCUT2D eigenvalue weighted by Crippen LogP contribution is -2.44. The van der Waals surface area contributed by atoms with Crippen LogP contribution in [-0.2, 0) is 0 Å². The standard InChI is InChI=1S/C11H14ClNO2S/c12-7-5-6-16-10(7)11(15)13-8-3-1-2-4-9(8)14/h5-6,8-9,14H,1-4H2,(H,13,15)/t8-,9-/m0/s1. The van der Waals surface area contributed by atoms with Gasteiger partial charge in [0.25, 0.3) is 5.91 Å². The van der Waals surface area contributed by atoms with Gasteiger partial charge in [0.15, 0.2) is 0 Å². The molecule has 1 amide bonds. The predicted octanol–water partition coefficient (Wildman–Crippen LogP) is 2.43. The molecule has 1 saturated carbocycles. The maximum absolute atomic E-state index is 11.8. The van der Waals surface area contributed by atoms with Gasteiger partial charge in [-0.15, -0.1) is 11.3 Å². The smallest absolute Gasteiger partial charge is 0.263 e. The number of aliphatic hydroxyl groups is 1. The fourth-order valence-corrected chi connectivity index (χ4v) is 3.01. The van der Waals surface area contributed by atoms with Gasteiger partial charge in [0.1, 0.15) is 4.88 Å². The molecular weight excluding hydrogens is 246 g/mol. The van der Waals surface area contributed by atoms with Crippen molar-refractivity contribution in [3.05, 3.63) is 21.3 Å². The molecular formula is C11H14ClNO2S. The second-order valence-corrected chi connectivity index (χ2v) is 5.35. The maximum atomic E-state index is 11.8. The highest BCUT2D eigenvalue weighted by Gasteiger charge is 2.25. The highest BCUT2D eigenvalue weighted by Crippen LogP contribution is 2.23. The maximum Gasteiger partial charge on any atom is 0.263 e. The van der Waals surface area contributed by atoms with E-state index >= 15 is 0 Å². The summed E-state index contributed by atoms with van der Waals surface area (Å²) in [5, 5.41) is 14.9. The van der Waals surface area contributed by atoms with Crippen LogP contribution >= 0.6 is 22.9 Å². The average molecular weight is 260 g/mol. The molecule has 1 heterocycles. The number of carbonyl (C=O) groups is 1. The van der Waals surface area contributed by atoms with Gasteiger partial charge in [-0.3, -0.25) is 4.79 Å². The molecule has 2 N–H and O–H groups in total. The Morgan fingerprint density at radius 2 is 2.25 bits per heavy atom. The second kappa shape index (κ2) is 5.17. The molecule has 0 aliphatic heterocycles. The van der Waals surface area contributed by atoms with Gasteiger partial charge in [-0.1, -0.05) is 24.4 Å². The van der Waals surface area contributed by atoms with Crippen molar-refractivity contribution in [1.82, 2.24) is 5.32 Å². The van der Waals surface area contributed by atoms with Crippen molar-refractivity contribution in [2.45, 2.75) is 37.8 Å². The number of amides is 1. The fraction of sp³-hybridized carbons (Fsp3) is 0.545.